The molecule has 0 N–H and O–H groups in total. The highest BCUT2D eigenvalue weighted by Crippen LogP contribution is 2.15. The summed E-state index contributed by atoms with van der Waals surface area (Å²) in [5.41, 5.74) is 1.68. The first-order valence-electron chi connectivity index (χ1n) is 5.84. The number of halogens is 1. The Hall–Kier alpha value is -2.07. The molecule has 1 aromatic heterocycles. The molecule has 0 aliphatic rings. The molecule has 0 saturated carbocycles. The lowest BCUT2D eigenvalue weighted by atomic mass is 10.3. The highest BCUT2D eigenvalue weighted by molar-refractivity contribution is 6.30. The van der Waals surface area contributed by atoms with E-state index >= 15 is 0 Å². The van der Waals surface area contributed by atoms with Crippen LogP contribution in [-0.2, 0) is 9.53 Å². The second-order valence-corrected chi connectivity index (χ2v) is 4.22. The molecular weight excluding hydrogens is 264 g/mol. The lowest BCUT2D eigenvalue weighted by Gasteiger charge is -2.00. The number of carbonyl (C=O) groups excluding carboxylic acids is 1. The third kappa shape index (κ3) is 3.69. The highest BCUT2D eigenvalue weighted by atomic mass is 35.5. The maximum atomic E-state index is 11.2. The zero-order chi connectivity index (χ0) is 13.7. The first kappa shape index (κ1) is 13.4. The molecule has 0 aliphatic carbocycles. The van der Waals surface area contributed by atoms with E-state index in [0.717, 1.165) is 11.3 Å². The van der Waals surface area contributed by atoms with Crippen molar-refractivity contribution in [3.63, 3.8) is 0 Å². The molecule has 1 aromatic carbocycles. The van der Waals surface area contributed by atoms with Gasteiger partial charge in [-0.25, -0.2) is 9.48 Å². The summed E-state index contributed by atoms with van der Waals surface area (Å²) in [5.74, 6) is -0.363. The van der Waals surface area contributed by atoms with Crippen LogP contribution < -0.4 is 0 Å². The Morgan fingerprint density at radius 2 is 2.37 bits per heavy atom. The van der Waals surface area contributed by atoms with E-state index in [0.29, 0.717) is 11.6 Å². The van der Waals surface area contributed by atoms with Gasteiger partial charge >= 0.3 is 5.97 Å². The first-order chi connectivity index (χ1) is 9.19. The largest absolute Gasteiger partial charge is 0.463 e. The normalized spacial score (nSPS) is 10.8. The molecule has 1 heterocycles. The monoisotopic (exact) mass is 276 g/mol. The topological polar surface area (TPSA) is 44.1 Å². The van der Waals surface area contributed by atoms with Gasteiger partial charge < -0.3 is 4.74 Å². The Bertz CT molecular complexity index is 605. The maximum Gasteiger partial charge on any atom is 0.330 e. The number of rotatable bonds is 4. The lowest BCUT2D eigenvalue weighted by molar-refractivity contribution is -0.137. The standard InChI is InChI=1S/C14H13ClN2O2/c1-2-19-14(18)7-6-11-9-16-17(10-11)13-5-3-4-12(15)8-13/h3-10H,2H2,1H3. The molecule has 0 amide bonds. The number of carbonyl (C=O) groups is 1. The van der Waals surface area contributed by atoms with Gasteiger partial charge in [0.15, 0.2) is 0 Å². The maximum absolute atomic E-state index is 11.2. The van der Waals surface area contributed by atoms with Crippen molar-refractivity contribution in [2.24, 2.45) is 0 Å². The number of nitrogens with zero attached hydrogens (tertiary/aromatic N) is 2. The molecule has 0 aliphatic heterocycles. The minimum Gasteiger partial charge on any atom is -0.463 e. The Balaban J connectivity index is 2.13. The molecule has 0 atom stereocenters. The second kappa shape index (κ2) is 6.20. The summed E-state index contributed by atoms with van der Waals surface area (Å²) in [6, 6.07) is 7.37. The van der Waals surface area contributed by atoms with Crippen LogP contribution in [0.5, 0.6) is 0 Å². The van der Waals surface area contributed by atoms with Gasteiger partial charge in [0.05, 0.1) is 18.5 Å². The van der Waals surface area contributed by atoms with E-state index in [-0.39, 0.29) is 5.97 Å². The summed E-state index contributed by atoms with van der Waals surface area (Å²) < 4.78 is 6.49. The minimum atomic E-state index is -0.363. The molecule has 0 unspecified atom stereocenters. The highest BCUT2D eigenvalue weighted by Gasteiger charge is 2.00. The fourth-order valence-electron chi connectivity index (χ4n) is 1.54. The van der Waals surface area contributed by atoms with Crippen LogP contribution in [0.4, 0.5) is 0 Å². The van der Waals surface area contributed by atoms with Gasteiger partial charge in [0.25, 0.3) is 0 Å². The number of hydrogen-bond donors (Lipinski definition) is 0. The van der Waals surface area contributed by atoms with Gasteiger partial charge in [0.2, 0.25) is 0 Å². The number of ether oxygens (including phenoxy) is 1. The lowest BCUT2D eigenvalue weighted by Crippen LogP contribution is -1.98. The van der Waals surface area contributed by atoms with Crippen LogP contribution in [0.15, 0.2) is 42.7 Å². The van der Waals surface area contributed by atoms with Gasteiger partial charge in [-0.1, -0.05) is 17.7 Å². The number of aromatic nitrogens is 2. The molecule has 98 valence electrons. The van der Waals surface area contributed by atoms with Crippen molar-refractivity contribution in [1.82, 2.24) is 9.78 Å². The Labute approximate surface area is 116 Å². The van der Waals surface area contributed by atoms with E-state index in [9.17, 15) is 4.79 Å². The number of esters is 1. The van der Waals surface area contributed by atoms with Crippen LogP contribution in [0, 0.1) is 0 Å². The fourth-order valence-corrected chi connectivity index (χ4v) is 1.72. The summed E-state index contributed by atoms with van der Waals surface area (Å²) in [5, 5.41) is 4.86. The van der Waals surface area contributed by atoms with Crippen molar-refractivity contribution in [3.8, 4) is 5.69 Å². The Morgan fingerprint density at radius 1 is 1.53 bits per heavy atom. The van der Waals surface area contributed by atoms with Crippen LogP contribution >= 0.6 is 11.6 Å². The quantitative estimate of drug-likeness (QED) is 0.637. The van der Waals surface area contributed by atoms with Crippen molar-refractivity contribution in [1.29, 1.82) is 0 Å². The second-order valence-electron chi connectivity index (χ2n) is 3.78. The van der Waals surface area contributed by atoms with Gasteiger partial charge in [-0.3, -0.25) is 0 Å². The summed E-state index contributed by atoms with van der Waals surface area (Å²) in [6.45, 7) is 2.13. The van der Waals surface area contributed by atoms with E-state index in [1.807, 2.05) is 18.2 Å². The van der Waals surface area contributed by atoms with Crippen molar-refractivity contribution < 1.29 is 9.53 Å². The van der Waals surface area contributed by atoms with Crippen molar-refractivity contribution in [2.75, 3.05) is 6.61 Å². The fraction of sp³-hybridized carbons (Fsp3) is 0.143. The number of hydrogen-bond acceptors (Lipinski definition) is 3. The summed E-state index contributed by atoms with van der Waals surface area (Å²) >= 11 is 5.92. The molecule has 2 rings (SSSR count). The summed E-state index contributed by atoms with van der Waals surface area (Å²) in [7, 11) is 0. The first-order valence-corrected chi connectivity index (χ1v) is 6.22. The van der Waals surface area contributed by atoms with E-state index in [2.05, 4.69) is 5.10 Å². The molecule has 4 nitrogen and oxygen atoms in total. The molecule has 0 radical (unpaired) electrons. The molecule has 0 spiro atoms. The molecule has 2 aromatic rings. The van der Waals surface area contributed by atoms with Crippen molar-refractivity contribution in [3.05, 3.63) is 53.3 Å². The average Bonchev–Trinajstić information content (AvgIpc) is 2.85. The van der Waals surface area contributed by atoms with Crippen LogP contribution in [-0.4, -0.2) is 22.4 Å². The third-order valence-electron chi connectivity index (χ3n) is 2.37. The summed E-state index contributed by atoms with van der Waals surface area (Å²) in [6.07, 6.45) is 6.51. The predicted octanol–water partition coefficient (Wildman–Crippen LogP) is 3.10. The van der Waals surface area contributed by atoms with E-state index in [1.165, 1.54) is 6.08 Å². The van der Waals surface area contributed by atoms with Crippen LogP contribution in [0.25, 0.3) is 11.8 Å². The van der Waals surface area contributed by atoms with Crippen LogP contribution in [0.1, 0.15) is 12.5 Å². The Morgan fingerprint density at radius 3 is 3.11 bits per heavy atom. The van der Waals surface area contributed by atoms with Crippen molar-refractivity contribution >= 4 is 23.6 Å². The zero-order valence-electron chi connectivity index (χ0n) is 10.4. The van der Waals surface area contributed by atoms with Gasteiger partial charge in [-0.2, -0.15) is 5.10 Å². The summed E-state index contributed by atoms with van der Waals surface area (Å²) in [4.78, 5) is 11.2. The molecule has 19 heavy (non-hydrogen) atoms. The number of benzene rings is 1. The van der Waals surface area contributed by atoms with Crippen LogP contribution in [0.3, 0.4) is 0 Å². The smallest absolute Gasteiger partial charge is 0.330 e. The van der Waals surface area contributed by atoms with Crippen LogP contribution in [0.2, 0.25) is 5.02 Å². The zero-order valence-corrected chi connectivity index (χ0v) is 11.2. The van der Waals surface area contributed by atoms with Crippen molar-refractivity contribution in [2.45, 2.75) is 6.92 Å². The SMILES string of the molecule is CCOC(=O)C=Cc1cnn(-c2cccc(Cl)c2)c1. The van der Waals surface area contributed by atoms with E-state index in [4.69, 9.17) is 16.3 Å². The van der Waals surface area contributed by atoms with Gasteiger partial charge in [0.1, 0.15) is 0 Å². The third-order valence-corrected chi connectivity index (χ3v) is 2.61. The predicted molar refractivity (Wildman–Crippen MR) is 74.2 cm³/mol. The molecule has 0 saturated heterocycles. The van der Waals surface area contributed by atoms with E-state index < -0.39 is 0 Å². The molecular formula is C14H13ClN2O2. The average molecular weight is 277 g/mol. The van der Waals surface area contributed by atoms with Gasteiger partial charge in [0, 0.05) is 22.9 Å². The van der Waals surface area contributed by atoms with E-state index in [1.54, 1.807) is 36.1 Å². The van der Waals surface area contributed by atoms with Gasteiger partial charge in [-0.15, -0.1) is 0 Å². The Kier molecular flexibility index (Phi) is 4.36. The molecule has 5 heteroatoms. The molecule has 0 bridgehead atoms. The van der Waals surface area contributed by atoms with Gasteiger partial charge in [-0.05, 0) is 31.2 Å². The molecule has 0 fully saturated rings. The minimum absolute atomic E-state index is 0.363.